The molecule has 6 heteroatoms. The van der Waals surface area contributed by atoms with Crippen LogP contribution < -0.4 is 0 Å². The fourth-order valence-corrected chi connectivity index (χ4v) is 2.86. The average molecular weight is 317 g/mol. The van der Waals surface area contributed by atoms with E-state index >= 15 is 0 Å². The van der Waals surface area contributed by atoms with Crippen molar-refractivity contribution in [1.29, 1.82) is 0 Å². The van der Waals surface area contributed by atoms with E-state index in [0.29, 0.717) is 31.9 Å². The maximum Gasteiger partial charge on any atom is 0.257 e. The van der Waals surface area contributed by atoms with Crippen LogP contribution in [0.1, 0.15) is 15.9 Å². The number of aromatic nitrogens is 2. The molecule has 2 heterocycles. The standard InChI is InChI=1S/C17H20FN3O2/c1-20-11-15(9-19-20)17(22)21-6-7-23-12-14(10-21)8-13-2-4-16(18)5-3-13/h2-5,9,11,14H,6-8,10,12H2,1H3/t14-/m0/s1. The molecule has 122 valence electrons. The van der Waals surface area contributed by atoms with Gasteiger partial charge < -0.3 is 9.64 Å². The lowest BCUT2D eigenvalue weighted by Gasteiger charge is -2.23. The number of carbonyl (C=O) groups is 1. The quantitative estimate of drug-likeness (QED) is 0.868. The Morgan fingerprint density at radius 3 is 2.87 bits per heavy atom. The molecule has 1 saturated heterocycles. The SMILES string of the molecule is Cn1cc(C(=O)N2CCOC[C@@H](Cc3ccc(F)cc3)C2)cn1. The van der Waals surface area contributed by atoms with E-state index in [1.807, 2.05) is 4.90 Å². The fraction of sp³-hybridized carbons (Fsp3) is 0.412. The number of aryl methyl sites for hydroxylation is 1. The normalized spacial score (nSPS) is 18.7. The minimum atomic E-state index is -0.237. The van der Waals surface area contributed by atoms with Gasteiger partial charge in [0.25, 0.3) is 5.91 Å². The van der Waals surface area contributed by atoms with Gasteiger partial charge in [0.15, 0.2) is 0 Å². The average Bonchev–Trinajstić information content (AvgIpc) is 2.84. The van der Waals surface area contributed by atoms with E-state index in [4.69, 9.17) is 4.74 Å². The molecule has 5 nitrogen and oxygen atoms in total. The van der Waals surface area contributed by atoms with Crippen molar-refractivity contribution in [3.8, 4) is 0 Å². The molecule has 1 aliphatic heterocycles. The van der Waals surface area contributed by atoms with E-state index in [0.717, 1.165) is 12.0 Å². The number of halogens is 1. The second-order valence-electron chi connectivity index (χ2n) is 5.93. The molecule has 0 radical (unpaired) electrons. The van der Waals surface area contributed by atoms with Crippen LogP contribution in [-0.4, -0.2) is 46.9 Å². The van der Waals surface area contributed by atoms with Crippen LogP contribution in [0.3, 0.4) is 0 Å². The van der Waals surface area contributed by atoms with Gasteiger partial charge in [-0.25, -0.2) is 4.39 Å². The van der Waals surface area contributed by atoms with Gasteiger partial charge in [0.05, 0.1) is 25.0 Å². The molecule has 0 bridgehead atoms. The first-order valence-corrected chi connectivity index (χ1v) is 7.72. The topological polar surface area (TPSA) is 47.4 Å². The van der Waals surface area contributed by atoms with Gasteiger partial charge >= 0.3 is 0 Å². The highest BCUT2D eigenvalue weighted by Gasteiger charge is 2.24. The third kappa shape index (κ3) is 3.96. The van der Waals surface area contributed by atoms with Gasteiger partial charge in [-0.2, -0.15) is 5.10 Å². The van der Waals surface area contributed by atoms with Crippen LogP contribution in [0.4, 0.5) is 4.39 Å². The van der Waals surface area contributed by atoms with Crippen molar-refractivity contribution in [3.05, 3.63) is 53.6 Å². The summed E-state index contributed by atoms with van der Waals surface area (Å²) in [6.07, 6.45) is 4.07. The van der Waals surface area contributed by atoms with Crippen LogP contribution in [0.2, 0.25) is 0 Å². The monoisotopic (exact) mass is 317 g/mol. The molecule has 23 heavy (non-hydrogen) atoms. The van der Waals surface area contributed by atoms with Crippen LogP contribution in [0.5, 0.6) is 0 Å². The predicted molar refractivity (Wildman–Crippen MR) is 83.5 cm³/mol. The molecule has 2 aromatic rings. The molecule has 3 rings (SSSR count). The Labute approximate surface area is 134 Å². The summed E-state index contributed by atoms with van der Waals surface area (Å²) in [5, 5.41) is 4.05. The van der Waals surface area contributed by atoms with Gasteiger partial charge in [-0.3, -0.25) is 9.48 Å². The van der Waals surface area contributed by atoms with Crippen LogP contribution in [-0.2, 0) is 18.2 Å². The maximum atomic E-state index is 13.0. The van der Waals surface area contributed by atoms with Gasteiger partial charge in [0.1, 0.15) is 5.82 Å². The zero-order valence-electron chi connectivity index (χ0n) is 13.1. The zero-order valence-corrected chi connectivity index (χ0v) is 13.1. The first kappa shape index (κ1) is 15.7. The Kier molecular flexibility index (Phi) is 4.71. The van der Waals surface area contributed by atoms with Crippen molar-refractivity contribution >= 4 is 5.91 Å². The van der Waals surface area contributed by atoms with Crippen LogP contribution in [0.15, 0.2) is 36.7 Å². The van der Waals surface area contributed by atoms with E-state index < -0.39 is 0 Å². The van der Waals surface area contributed by atoms with Gasteiger partial charge in [-0.1, -0.05) is 12.1 Å². The highest BCUT2D eigenvalue weighted by Crippen LogP contribution is 2.16. The molecule has 1 fully saturated rings. The number of rotatable bonds is 3. The number of carbonyl (C=O) groups excluding carboxylic acids is 1. The van der Waals surface area contributed by atoms with Crippen molar-refractivity contribution in [1.82, 2.24) is 14.7 Å². The molecule has 1 amide bonds. The summed E-state index contributed by atoms with van der Waals surface area (Å²) in [7, 11) is 1.79. The Hall–Kier alpha value is -2.21. The second-order valence-corrected chi connectivity index (χ2v) is 5.93. The highest BCUT2D eigenvalue weighted by atomic mass is 19.1. The van der Waals surface area contributed by atoms with E-state index in [1.54, 1.807) is 36.3 Å². The lowest BCUT2D eigenvalue weighted by molar-refractivity contribution is 0.0737. The van der Waals surface area contributed by atoms with Gasteiger partial charge in [0.2, 0.25) is 0 Å². The number of hydrogen-bond acceptors (Lipinski definition) is 3. The van der Waals surface area contributed by atoms with Gasteiger partial charge in [-0.15, -0.1) is 0 Å². The lowest BCUT2D eigenvalue weighted by atomic mass is 9.99. The highest BCUT2D eigenvalue weighted by molar-refractivity contribution is 5.93. The first-order valence-electron chi connectivity index (χ1n) is 7.72. The van der Waals surface area contributed by atoms with E-state index in [1.165, 1.54) is 12.1 Å². The summed E-state index contributed by atoms with van der Waals surface area (Å²) >= 11 is 0. The largest absolute Gasteiger partial charge is 0.379 e. The van der Waals surface area contributed by atoms with Crippen molar-refractivity contribution in [2.75, 3.05) is 26.3 Å². The minimum absolute atomic E-state index is 0.0206. The van der Waals surface area contributed by atoms with Gasteiger partial charge in [-0.05, 0) is 24.1 Å². The summed E-state index contributed by atoms with van der Waals surface area (Å²) in [6.45, 7) is 2.35. The molecule has 1 aromatic carbocycles. The van der Waals surface area contributed by atoms with Crippen molar-refractivity contribution in [3.63, 3.8) is 0 Å². The summed E-state index contributed by atoms with van der Waals surface area (Å²) in [6, 6.07) is 6.50. The molecule has 0 spiro atoms. The summed E-state index contributed by atoms with van der Waals surface area (Å²) in [5.74, 6) is -0.0597. The fourth-order valence-electron chi connectivity index (χ4n) is 2.86. The molecular formula is C17H20FN3O2. The van der Waals surface area contributed by atoms with E-state index in [9.17, 15) is 9.18 Å². The number of amides is 1. The molecule has 0 saturated carbocycles. The molecule has 0 N–H and O–H groups in total. The second kappa shape index (κ2) is 6.91. The molecule has 0 aliphatic carbocycles. The summed E-state index contributed by atoms with van der Waals surface area (Å²) in [4.78, 5) is 14.4. The smallest absolute Gasteiger partial charge is 0.257 e. The molecular weight excluding hydrogens is 297 g/mol. The number of nitrogens with zero attached hydrogens (tertiary/aromatic N) is 3. The van der Waals surface area contributed by atoms with Crippen LogP contribution >= 0.6 is 0 Å². The third-order valence-corrected chi connectivity index (χ3v) is 4.01. The van der Waals surface area contributed by atoms with Crippen molar-refractivity contribution in [2.45, 2.75) is 6.42 Å². The number of benzene rings is 1. The Morgan fingerprint density at radius 2 is 2.17 bits per heavy atom. The Balaban J connectivity index is 1.68. The number of ether oxygens (including phenoxy) is 1. The minimum Gasteiger partial charge on any atom is -0.379 e. The van der Waals surface area contributed by atoms with E-state index in [-0.39, 0.29) is 17.6 Å². The molecule has 1 aliphatic rings. The van der Waals surface area contributed by atoms with Crippen molar-refractivity contribution < 1.29 is 13.9 Å². The summed E-state index contributed by atoms with van der Waals surface area (Å²) < 4.78 is 20.3. The first-order chi connectivity index (χ1) is 11.1. The zero-order chi connectivity index (χ0) is 16.2. The van der Waals surface area contributed by atoms with Gasteiger partial charge in [0, 0.05) is 32.3 Å². The summed E-state index contributed by atoms with van der Waals surface area (Å²) in [5.41, 5.74) is 1.64. The van der Waals surface area contributed by atoms with Crippen LogP contribution in [0, 0.1) is 11.7 Å². The molecule has 1 atom stereocenters. The Bertz CT molecular complexity index is 669. The van der Waals surface area contributed by atoms with Crippen molar-refractivity contribution in [2.24, 2.45) is 13.0 Å². The maximum absolute atomic E-state index is 13.0. The molecule has 0 unspecified atom stereocenters. The lowest BCUT2D eigenvalue weighted by Crippen LogP contribution is -2.36. The third-order valence-electron chi connectivity index (χ3n) is 4.01. The number of hydrogen-bond donors (Lipinski definition) is 0. The van der Waals surface area contributed by atoms with E-state index in [2.05, 4.69) is 5.10 Å². The van der Waals surface area contributed by atoms with Crippen LogP contribution in [0.25, 0.3) is 0 Å². The predicted octanol–water partition coefficient (Wildman–Crippen LogP) is 1.89. The Morgan fingerprint density at radius 1 is 1.39 bits per heavy atom. The molecule has 1 aromatic heterocycles.